The fraction of sp³-hybridized carbons (Fsp3) is 0.0870. The molecule has 0 bridgehead atoms. The Kier molecular flexibility index (Phi) is 5.27. The number of halogens is 1. The highest BCUT2D eigenvalue weighted by Crippen LogP contribution is 2.24. The Balaban J connectivity index is 1.78. The molecule has 1 aromatic heterocycles. The van der Waals surface area contributed by atoms with E-state index in [9.17, 15) is 4.79 Å². The number of para-hydroxylation sites is 1. The first-order valence-electron chi connectivity index (χ1n) is 9.18. The monoisotopic (exact) mass is 446 g/mol. The number of carbonyl (C=O) groups is 1. The lowest BCUT2D eigenvalue weighted by Crippen LogP contribution is -2.15. The molecule has 144 valence electrons. The largest absolute Gasteiger partial charge is 0.319 e. The van der Waals surface area contributed by atoms with Crippen LogP contribution >= 0.6 is 15.9 Å². The molecule has 6 heteroatoms. The molecule has 29 heavy (non-hydrogen) atoms. The van der Waals surface area contributed by atoms with E-state index in [0.717, 1.165) is 32.5 Å². The van der Waals surface area contributed by atoms with E-state index in [1.807, 2.05) is 86.6 Å². The normalized spacial score (nSPS) is 10.7. The van der Waals surface area contributed by atoms with E-state index in [2.05, 4.69) is 31.3 Å². The number of aromatic nitrogens is 3. The van der Waals surface area contributed by atoms with Gasteiger partial charge in [-0.15, -0.1) is 5.10 Å². The second-order valence-corrected chi connectivity index (χ2v) is 7.70. The molecule has 0 saturated carbocycles. The number of aryl methyl sites for hydroxylation is 2. The van der Waals surface area contributed by atoms with Gasteiger partial charge in [0.2, 0.25) is 5.82 Å². The second-order valence-electron chi connectivity index (χ2n) is 6.79. The maximum absolute atomic E-state index is 12.9. The zero-order valence-electron chi connectivity index (χ0n) is 16.1. The summed E-state index contributed by atoms with van der Waals surface area (Å²) in [5.41, 5.74) is 4.55. The Morgan fingerprint density at radius 2 is 1.72 bits per heavy atom. The molecule has 0 spiro atoms. The van der Waals surface area contributed by atoms with Crippen LogP contribution in [0.1, 0.15) is 21.7 Å². The molecule has 0 aliphatic rings. The maximum Gasteiger partial charge on any atom is 0.295 e. The smallest absolute Gasteiger partial charge is 0.295 e. The minimum Gasteiger partial charge on any atom is -0.319 e. The molecule has 3 aromatic carbocycles. The molecule has 1 N–H and O–H groups in total. The predicted molar refractivity (Wildman–Crippen MR) is 118 cm³/mol. The van der Waals surface area contributed by atoms with Gasteiger partial charge in [-0.05, 0) is 55.3 Å². The van der Waals surface area contributed by atoms with Crippen molar-refractivity contribution in [1.29, 1.82) is 0 Å². The zero-order chi connectivity index (χ0) is 20.4. The lowest BCUT2D eigenvalue weighted by Gasteiger charge is -2.07. The van der Waals surface area contributed by atoms with Crippen molar-refractivity contribution in [1.82, 2.24) is 14.8 Å². The van der Waals surface area contributed by atoms with Crippen LogP contribution in [0.25, 0.3) is 17.1 Å². The first kappa shape index (κ1) is 19.1. The van der Waals surface area contributed by atoms with E-state index in [1.165, 1.54) is 0 Å². The Bertz CT molecular complexity index is 1180. The fourth-order valence-electron chi connectivity index (χ4n) is 3.03. The molecule has 0 fully saturated rings. The summed E-state index contributed by atoms with van der Waals surface area (Å²) in [6.45, 7) is 3.97. The molecule has 4 rings (SSSR count). The topological polar surface area (TPSA) is 59.8 Å². The molecular formula is C23H19BrN4O. The van der Waals surface area contributed by atoms with Crippen LogP contribution in [-0.4, -0.2) is 20.7 Å². The fourth-order valence-corrected chi connectivity index (χ4v) is 3.29. The second kappa shape index (κ2) is 8.01. The number of nitrogens with zero attached hydrogens (tertiary/aromatic N) is 3. The van der Waals surface area contributed by atoms with Crippen molar-refractivity contribution in [3.05, 3.63) is 94.2 Å². The quantitative estimate of drug-likeness (QED) is 0.445. The van der Waals surface area contributed by atoms with Gasteiger partial charge in [0, 0.05) is 15.7 Å². The Morgan fingerprint density at radius 3 is 2.45 bits per heavy atom. The molecule has 0 saturated heterocycles. The summed E-state index contributed by atoms with van der Waals surface area (Å²) < 4.78 is 2.68. The number of anilines is 1. The molecule has 5 nitrogen and oxygen atoms in total. The summed E-state index contributed by atoms with van der Waals surface area (Å²) >= 11 is 3.46. The van der Waals surface area contributed by atoms with Crippen LogP contribution in [0.15, 0.2) is 77.3 Å². The maximum atomic E-state index is 12.9. The minimum absolute atomic E-state index is 0.118. The molecule has 0 atom stereocenters. The van der Waals surface area contributed by atoms with Crippen LogP contribution in [0, 0.1) is 13.8 Å². The Labute approximate surface area is 177 Å². The standard InChI is InChI=1S/C23H19BrN4O/c1-15-6-5-8-19(14-15)28-22(17-10-12-18(24)13-11-17)26-21(27-28)23(29)25-20-9-4-3-7-16(20)2/h3-14H,1-2H3,(H,25,29). The van der Waals surface area contributed by atoms with Crippen molar-refractivity contribution in [2.75, 3.05) is 5.32 Å². The van der Waals surface area contributed by atoms with Gasteiger partial charge in [-0.25, -0.2) is 9.67 Å². The van der Waals surface area contributed by atoms with Crippen molar-refractivity contribution < 1.29 is 4.79 Å². The first-order valence-corrected chi connectivity index (χ1v) is 9.97. The summed E-state index contributed by atoms with van der Waals surface area (Å²) in [4.78, 5) is 17.4. The van der Waals surface area contributed by atoms with Gasteiger partial charge in [0.1, 0.15) is 0 Å². The summed E-state index contributed by atoms with van der Waals surface area (Å²) in [6, 6.07) is 23.4. The van der Waals surface area contributed by atoms with Gasteiger partial charge < -0.3 is 5.32 Å². The molecular weight excluding hydrogens is 428 g/mol. The van der Waals surface area contributed by atoms with Gasteiger partial charge in [0.15, 0.2) is 5.82 Å². The van der Waals surface area contributed by atoms with Gasteiger partial charge >= 0.3 is 0 Å². The van der Waals surface area contributed by atoms with E-state index in [-0.39, 0.29) is 11.7 Å². The van der Waals surface area contributed by atoms with Gasteiger partial charge in [-0.3, -0.25) is 4.79 Å². The molecule has 0 aliphatic heterocycles. The first-order chi connectivity index (χ1) is 14.0. The third-order valence-corrected chi connectivity index (χ3v) is 5.08. The number of hydrogen-bond acceptors (Lipinski definition) is 3. The number of benzene rings is 3. The summed E-state index contributed by atoms with van der Waals surface area (Å²) in [7, 11) is 0. The number of carbonyl (C=O) groups excluding carboxylic acids is 1. The number of hydrogen-bond donors (Lipinski definition) is 1. The number of rotatable bonds is 4. The van der Waals surface area contributed by atoms with Crippen LogP contribution in [0.4, 0.5) is 5.69 Å². The van der Waals surface area contributed by atoms with E-state index in [1.54, 1.807) is 4.68 Å². The predicted octanol–water partition coefficient (Wildman–Crippen LogP) is 5.57. The van der Waals surface area contributed by atoms with E-state index in [4.69, 9.17) is 0 Å². The number of amides is 1. The van der Waals surface area contributed by atoms with Gasteiger partial charge in [0.25, 0.3) is 5.91 Å². The Morgan fingerprint density at radius 1 is 0.966 bits per heavy atom. The molecule has 1 heterocycles. The van der Waals surface area contributed by atoms with Crippen molar-refractivity contribution in [2.24, 2.45) is 0 Å². The SMILES string of the molecule is Cc1cccc(-n2nc(C(=O)Nc3ccccc3C)nc2-c2ccc(Br)cc2)c1. The van der Waals surface area contributed by atoms with Crippen molar-refractivity contribution >= 4 is 27.5 Å². The van der Waals surface area contributed by atoms with Crippen LogP contribution in [0.3, 0.4) is 0 Å². The lowest BCUT2D eigenvalue weighted by atomic mass is 10.2. The van der Waals surface area contributed by atoms with Gasteiger partial charge in [-0.2, -0.15) is 0 Å². The number of nitrogens with one attached hydrogen (secondary N) is 1. The van der Waals surface area contributed by atoms with Crippen molar-refractivity contribution in [3.63, 3.8) is 0 Å². The minimum atomic E-state index is -0.343. The highest BCUT2D eigenvalue weighted by Gasteiger charge is 2.19. The molecule has 0 aliphatic carbocycles. The Hall–Kier alpha value is -3.25. The van der Waals surface area contributed by atoms with Gasteiger partial charge in [0.05, 0.1) is 5.69 Å². The van der Waals surface area contributed by atoms with Crippen LogP contribution in [0.2, 0.25) is 0 Å². The van der Waals surface area contributed by atoms with Crippen LogP contribution in [0.5, 0.6) is 0 Å². The van der Waals surface area contributed by atoms with Gasteiger partial charge in [-0.1, -0.05) is 58.4 Å². The summed E-state index contributed by atoms with van der Waals surface area (Å²) in [5, 5.41) is 7.43. The highest BCUT2D eigenvalue weighted by molar-refractivity contribution is 9.10. The van der Waals surface area contributed by atoms with Crippen LogP contribution in [-0.2, 0) is 0 Å². The molecule has 0 radical (unpaired) electrons. The molecule has 0 unspecified atom stereocenters. The lowest BCUT2D eigenvalue weighted by molar-refractivity contribution is 0.101. The third kappa shape index (κ3) is 4.12. The van der Waals surface area contributed by atoms with Crippen molar-refractivity contribution in [3.8, 4) is 17.1 Å². The van der Waals surface area contributed by atoms with E-state index < -0.39 is 0 Å². The molecule has 4 aromatic rings. The summed E-state index contributed by atoms with van der Waals surface area (Å²) in [6.07, 6.45) is 0. The average molecular weight is 447 g/mol. The zero-order valence-corrected chi connectivity index (χ0v) is 17.6. The highest BCUT2D eigenvalue weighted by atomic mass is 79.9. The third-order valence-electron chi connectivity index (χ3n) is 4.55. The average Bonchev–Trinajstić information content (AvgIpc) is 3.16. The molecule has 1 amide bonds. The van der Waals surface area contributed by atoms with Crippen molar-refractivity contribution in [2.45, 2.75) is 13.8 Å². The summed E-state index contributed by atoms with van der Waals surface area (Å²) in [5.74, 6) is 0.384. The van der Waals surface area contributed by atoms with E-state index >= 15 is 0 Å². The van der Waals surface area contributed by atoms with Crippen LogP contribution < -0.4 is 5.32 Å². The van der Waals surface area contributed by atoms with E-state index in [0.29, 0.717) is 5.82 Å².